The third-order valence-electron chi connectivity index (χ3n) is 2.68. The summed E-state index contributed by atoms with van der Waals surface area (Å²) >= 11 is 0. The number of hydrogen-bond donors (Lipinski definition) is 1. The summed E-state index contributed by atoms with van der Waals surface area (Å²) in [6.07, 6.45) is -0.193. The van der Waals surface area contributed by atoms with Crippen LogP contribution in [0.2, 0.25) is 19.6 Å². The highest BCUT2D eigenvalue weighted by atomic mass is 28.4. The van der Waals surface area contributed by atoms with Crippen LogP contribution in [0.15, 0.2) is 30.3 Å². The molecule has 0 saturated carbocycles. The second-order valence-electron chi connectivity index (χ2n) is 5.39. The van der Waals surface area contributed by atoms with Crippen LogP contribution in [-0.4, -0.2) is 19.5 Å². The molecule has 0 aliphatic heterocycles. The molecule has 0 radical (unpaired) electrons. The Balaban J connectivity index is 2.86. The average molecular weight is 238 g/mol. The van der Waals surface area contributed by atoms with E-state index < -0.39 is 13.9 Å². The Morgan fingerprint density at radius 2 is 1.69 bits per heavy atom. The molecule has 2 atom stereocenters. The molecule has 2 nitrogen and oxygen atoms in total. The molecule has 0 amide bonds. The van der Waals surface area contributed by atoms with Crippen molar-refractivity contribution in [1.29, 1.82) is 0 Å². The molecule has 0 saturated heterocycles. The van der Waals surface area contributed by atoms with Crippen molar-refractivity contribution in [3.05, 3.63) is 35.9 Å². The van der Waals surface area contributed by atoms with Gasteiger partial charge < -0.3 is 9.53 Å². The van der Waals surface area contributed by atoms with Gasteiger partial charge in [0.1, 0.15) is 5.60 Å². The Kier molecular flexibility index (Phi) is 3.94. The molecule has 0 aromatic heterocycles. The average Bonchev–Trinajstić information content (AvgIpc) is 2.16. The molecular formula is C13H22O2Si. The summed E-state index contributed by atoms with van der Waals surface area (Å²) in [5.74, 6) is 0. The van der Waals surface area contributed by atoms with Gasteiger partial charge in [0, 0.05) is 0 Å². The van der Waals surface area contributed by atoms with E-state index in [2.05, 4.69) is 19.6 Å². The lowest BCUT2D eigenvalue weighted by Crippen LogP contribution is -2.42. The number of aliphatic hydroxyl groups is 1. The van der Waals surface area contributed by atoms with Gasteiger partial charge in [-0.2, -0.15) is 0 Å². The van der Waals surface area contributed by atoms with Gasteiger partial charge in [-0.05, 0) is 39.1 Å². The lowest BCUT2D eigenvalue weighted by Gasteiger charge is -2.35. The summed E-state index contributed by atoms with van der Waals surface area (Å²) in [5, 5.41) is 10.5. The molecule has 16 heavy (non-hydrogen) atoms. The van der Waals surface area contributed by atoms with Gasteiger partial charge in [0.15, 0.2) is 8.32 Å². The van der Waals surface area contributed by atoms with Crippen LogP contribution in [0.25, 0.3) is 0 Å². The molecular weight excluding hydrogens is 216 g/mol. The SMILES string of the molecule is C[C@@H](O[Si](C)(C)C)[C@@](C)(O)c1ccccc1. The van der Waals surface area contributed by atoms with Crippen molar-refractivity contribution >= 4 is 8.32 Å². The van der Waals surface area contributed by atoms with Crippen molar-refractivity contribution in [3.63, 3.8) is 0 Å². The van der Waals surface area contributed by atoms with E-state index >= 15 is 0 Å². The topological polar surface area (TPSA) is 29.5 Å². The number of rotatable bonds is 4. The van der Waals surface area contributed by atoms with E-state index in [0.29, 0.717) is 0 Å². The van der Waals surface area contributed by atoms with Crippen molar-refractivity contribution in [2.24, 2.45) is 0 Å². The van der Waals surface area contributed by atoms with E-state index in [1.54, 1.807) is 0 Å². The second-order valence-corrected chi connectivity index (χ2v) is 9.85. The van der Waals surface area contributed by atoms with Crippen LogP contribution in [0.3, 0.4) is 0 Å². The number of hydrogen-bond acceptors (Lipinski definition) is 2. The Hall–Kier alpha value is -0.643. The van der Waals surface area contributed by atoms with Crippen LogP contribution in [0.1, 0.15) is 19.4 Å². The van der Waals surface area contributed by atoms with E-state index in [-0.39, 0.29) is 6.10 Å². The van der Waals surface area contributed by atoms with Gasteiger partial charge in [-0.25, -0.2) is 0 Å². The highest BCUT2D eigenvalue weighted by Gasteiger charge is 2.34. The quantitative estimate of drug-likeness (QED) is 0.817. The van der Waals surface area contributed by atoms with Gasteiger partial charge in [-0.3, -0.25) is 0 Å². The summed E-state index contributed by atoms with van der Waals surface area (Å²) in [4.78, 5) is 0. The van der Waals surface area contributed by atoms with Crippen LogP contribution < -0.4 is 0 Å². The number of benzene rings is 1. The minimum absolute atomic E-state index is 0.193. The molecule has 0 heterocycles. The van der Waals surface area contributed by atoms with Crippen molar-refractivity contribution in [2.75, 3.05) is 0 Å². The van der Waals surface area contributed by atoms with Gasteiger partial charge in [0.2, 0.25) is 0 Å². The predicted octanol–water partition coefficient (Wildman–Crippen LogP) is 3.13. The maximum atomic E-state index is 10.5. The first-order valence-corrected chi connectivity index (χ1v) is 9.10. The first kappa shape index (κ1) is 13.4. The van der Waals surface area contributed by atoms with Crippen molar-refractivity contribution in [3.8, 4) is 0 Å². The van der Waals surface area contributed by atoms with E-state index in [1.165, 1.54) is 0 Å². The van der Waals surface area contributed by atoms with Crippen LogP contribution in [0, 0.1) is 0 Å². The van der Waals surface area contributed by atoms with Crippen LogP contribution in [0.5, 0.6) is 0 Å². The van der Waals surface area contributed by atoms with E-state index in [4.69, 9.17) is 4.43 Å². The normalized spacial score (nSPS) is 17.9. The molecule has 1 aromatic rings. The maximum absolute atomic E-state index is 10.5. The minimum atomic E-state index is -1.62. The molecule has 90 valence electrons. The summed E-state index contributed by atoms with van der Waals surface area (Å²) in [6.45, 7) is 10.1. The van der Waals surface area contributed by atoms with Crippen LogP contribution in [-0.2, 0) is 10.0 Å². The van der Waals surface area contributed by atoms with Gasteiger partial charge in [-0.15, -0.1) is 0 Å². The zero-order valence-corrected chi connectivity index (χ0v) is 11.8. The van der Waals surface area contributed by atoms with Crippen LogP contribution >= 0.6 is 0 Å². The minimum Gasteiger partial charge on any atom is -0.412 e. The Bertz CT molecular complexity index is 328. The molecule has 1 aromatic carbocycles. The van der Waals surface area contributed by atoms with E-state index in [9.17, 15) is 5.11 Å². The smallest absolute Gasteiger partial charge is 0.184 e. The monoisotopic (exact) mass is 238 g/mol. The first-order chi connectivity index (χ1) is 7.23. The Labute approximate surface area is 99.4 Å². The third kappa shape index (κ3) is 3.44. The largest absolute Gasteiger partial charge is 0.412 e. The van der Waals surface area contributed by atoms with Gasteiger partial charge in [0.25, 0.3) is 0 Å². The lowest BCUT2D eigenvalue weighted by atomic mass is 9.91. The summed E-state index contributed by atoms with van der Waals surface area (Å²) < 4.78 is 5.95. The third-order valence-corrected chi connectivity index (χ3v) is 3.74. The highest BCUT2D eigenvalue weighted by molar-refractivity contribution is 6.69. The molecule has 0 aliphatic rings. The van der Waals surface area contributed by atoms with E-state index in [1.807, 2.05) is 44.2 Å². The highest BCUT2D eigenvalue weighted by Crippen LogP contribution is 2.28. The van der Waals surface area contributed by atoms with E-state index in [0.717, 1.165) is 5.56 Å². The fourth-order valence-electron chi connectivity index (χ4n) is 1.66. The molecule has 1 N–H and O–H groups in total. The second kappa shape index (κ2) is 4.70. The summed E-state index contributed by atoms with van der Waals surface area (Å²) in [6, 6.07) is 9.69. The Morgan fingerprint density at radius 1 is 1.19 bits per heavy atom. The molecule has 3 heteroatoms. The summed E-state index contributed by atoms with van der Waals surface area (Å²) in [7, 11) is -1.62. The molecule has 0 fully saturated rings. The van der Waals surface area contributed by atoms with Gasteiger partial charge in [-0.1, -0.05) is 30.3 Å². The van der Waals surface area contributed by atoms with Crippen molar-refractivity contribution < 1.29 is 9.53 Å². The van der Waals surface area contributed by atoms with Gasteiger partial charge >= 0.3 is 0 Å². The molecule has 0 spiro atoms. The molecule has 0 aliphatic carbocycles. The molecule has 0 bridgehead atoms. The zero-order chi connectivity index (χ0) is 12.4. The zero-order valence-electron chi connectivity index (χ0n) is 10.8. The predicted molar refractivity (Wildman–Crippen MR) is 69.9 cm³/mol. The maximum Gasteiger partial charge on any atom is 0.184 e. The van der Waals surface area contributed by atoms with Crippen LogP contribution in [0.4, 0.5) is 0 Å². The van der Waals surface area contributed by atoms with Crippen molar-refractivity contribution in [2.45, 2.75) is 45.2 Å². The van der Waals surface area contributed by atoms with Crippen molar-refractivity contribution in [1.82, 2.24) is 0 Å². The Morgan fingerprint density at radius 3 is 2.12 bits per heavy atom. The molecule has 1 rings (SSSR count). The lowest BCUT2D eigenvalue weighted by molar-refractivity contribution is -0.0478. The standard InChI is InChI=1S/C13H22O2Si/c1-11(15-16(3,4)5)13(2,14)12-9-7-6-8-10-12/h6-11,14H,1-5H3/t11-,13-/m1/s1. The molecule has 0 unspecified atom stereocenters. The first-order valence-electron chi connectivity index (χ1n) is 5.69. The fourth-order valence-corrected chi connectivity index (χ4v) is 2.95. The van der Waals surface area contributed by atoms with Gasteiger partial charge in [0.05, 0.1) is 6.10 Å². The summed E-state index contributed by atoms with van der Waals surface area (Å²) in [5.41, 5.74) is -0.0256. The fraction of sp³-hybridized carbons (Fsp3) is 0.538.